The number of likely N-dealkylation sites (tertiary alicyclic amines) is 1. The van der Waals surface area contributed by atoms with Crippen molar-refractivity contribution in [3.8, 4) is 11.5 Å². The Bertz CT molecular complexity index is 1180. The molecule has 0 aromatic heterocycles. The molecule has 3 aromatic carbocycles. The van der Waals surface area contributed by atoms with Crippen LogP contribution >= 0.6 is 0 Å². The van der Waals surface area contributed by atoms with E-state index >= 15 is 0 Å². The van der Waals surface area contributed by atoms with Gasteiger partial charge in [-0.25, -0.2) is 4.79 Å². The molecular formula is C31H35NO7. The minimum atomic E-state index is -0.838. The van der Waals surface area contributed by atoms with Gasteiger partial charge in [-0.15, -0.1) is 0 Å². The molecule has 0 spiro atoms. The fraction of sp³-hybridized carbons (Fsp3) is 0.355. The minimum absolute atomic E-state index is 0.0740. The average molecular weight is 534 g/mol. The number of benzene rings is 3. The van der Waals surface area contributed by atoms with E-state index < -0.39 is 24.2 Å². The molecular weight excluding hydrogens is 498 g/mol. The summed E-state index contributed by atoms with van der Waals surface area (Å²) in [5.74, 6) is 0.349. The fourth-order valence-electron chi connectivity index (χ4n) is 5.13. The monoisotopic (exact) mass is 533 g/mol. The SMILES string of the molecule is COc1ccc(C(c2ccc(OC)cc2)N2C(=O)[C@H]([C@@H](C)OC(=O)OCc3ccccc3)[C@H]2[C@@H](C)CO)cc1. The molecule has 0 bridgehead atoms. The van der Waals surface area contributed by atoms with Crippen LogP contribution in [-0.4, -0.2) is 55.0 Å². The van der Waals surface area contributed by atoms with Crippen molar-refractivity contribution >= 4 is 12.1 Å². The van der Waals surface area contributed by atoms with Crippen molar-refractivity contribution in [2.45, 2.75) is 38.6 Å². The van der Waals surface area contributed by atoms with E-state index in [1.165, 1.54) is 0 Å². The molecule has 8 heteroatoms. The summed E-state index contributed by atoms with van der Waals surface area (Å²) in [6, 6.07) is 23.6. The van der Waals surface area contributed by atoms with Gasteiger partial charge in [0.2, 0.25) is 5.91 Å². The largest absolute Gasteiger partial charge is 0.508 e. The number of carbonyl (C=O) groups is 2. The third kappa shape index (κ3) is 6.17. The lowest BCUT2D eigenvalue weighted by molar-refractivity contribution is -0.174. The molecule has 1 fully saturated rings. The number of hydrogen-bond donors (Lipinski definition) is 1. The summed E-state index contributed by atoms with van der Waals surface area (Å²) in [5, 5.41) is 10.1. The second kappa shape index (κ2) is 12.7. The fourth-order valence-corrected chi connectivity index (χ4v) is 5.13. The van der Waals surface area contributed by atoms with Crippen molar-refractivity contribution in [2.24, 2.45) is 11.8 Å². The Morgan fingerprint density at radius 3 is 1.90 bits per heavy atom. The molecule has 1 heterocycles. The van der Waals surface area contributed by atoms with Gasteiger partial charge in [-0.2, -0.15) is 0 Å². The Morgan fingerprint density at radius 1 is 0.872 bits per heavy atom. The molecule has 1 aliphatic rings. The van der Waals surface area contributed by atoms with E-state index in [-0.39, 0.29) is 31.1 Å². The zero-order valence-electron chi connectivity index (χ0n) is 22.7. The molecule has 39 heavy (non-hydrogen) atoms. The molecule has 4 atom stereocenters. The normalized spacial score (nSPS) is 18.2. The van der Waals surface area contributed by atoms with Crippen LogP contribution in [0.3, 0.4) is 0 Å². The first-order valence-corrected chi connectivity index (χ1v) is 13.0. The van der Waals surface area contributed by atoms with Gasteiger partial charge in [0, 0.05) is 12.5 Å². The Labute approximate surface area is 229 Å². The van der Waals surface area contributed by atoms with Gasteiger partial charge in [0.05, 0.1) is 32.2 Å². The van der Waals surface area contributed by atoms with Gasteiger partial charge in [0.25, 0.3) is 0 Å². The maximum Gasteiger partial charge on any atom is 0.508 e. The van der Waals surface area contributed by atoms with Crippen LogP contribution in [0.4, 0.5) is 4.79 Å². The number of amides is 1. The van der Waals surface area contributed by atoms with Crippen LogP contribution in [0.1, 0.15) is 36.6 Å². The molecule has 1 saturated heterocycles. The second-order valence-corrected chi connectivity index (χ2v) is 9.72. The number of ether oxygens (including phenoxy) is 4. The molecule has 0 saturated carbocycles. The van der Waals surface area contributed by atoms with Gasteiger partial charge in [0.1, 0.15) is 24.2 Å². The van der Waals surface area contributed by atoms with Gasteiger partial charge < -0.3 is 29.0 Å². The number of hydrogen-bond acceptors (Lipinski definition) is 7. The van der Waals surface area contributed by atoms with Crippen molar-refractivity contribution in [3.63, 3.8) is 0 Å². The van der Waals surface area contributed by atoms with Crippen LogP contribution in [-0.2, 0) is 20.9 Å². The van der Waals surface area contributed by atoms with Crippen molar-refractivity contribution in [3.05, 3.63) is 95.6 Å². The topological polar surface area (TPSA) is 94.5 Å². The lowest BCUT2D eigenvalue weighted by atomic mass is 9.74. The van der Waals surface area contributed by atoms with E-state index in [2.05, 4.69) is 0 Å². The first-order chi connectivity index (χ1) is 18.9. The molecule has 0 radical (unpaired) electrons. The maximum absolute atomic E-state index is 13.8. The summed E-state index contributed by atoms with van der Waals surface area (Å²) in [5.41, 5.74) is 2.61. The summed E-state index contributed by atoms with van der Waals surface area (Å²) in [6.07, 6.45) is -1.58. The van der Waals surface area contributed by atoms with Gasteiger partial charge in [-0.3, -0.25) is 4.79 Å². The highest BCUT2D eigenvalue weighted by molar-refractivity contribution is 5.88. The quantitative estimate of drug-likeness (QED) is 0.274. The Kier molecular flexibility index (Phi) is 9.09. The van der Waals surface area contributed by atoms with E-state index in [1.54, 1.807) is 26.0 Å². The first-order valence-electron chi connectivity index (χ1n) is 13.0. The number of carbonyl (C=O) groups excluding carboxylic acids is 2. The van der Waals surface area contributed by atoms with E-state index in [1.807, 2.05) is 85.8 Å². The Hall–Kier alpha value is -4.04. The van der Waals surface area contributed by atoms with Gasteiger partial charge >= 0.3 is 6.16 Å². The predicted octanol–water partition coefficient (Wildman–Crippen LogP) is 4.99. The third-order valence-electron chi connectivity index (χ3n) is 7.23. The summed E-state index contributed by atoms with van der Waals surface area (Å²) in [7, 11) is 3.20. The number of β-lactam (4-membered cyclic amide) rings is 1. The number of nitrogens with zero attached hydrogens (tertiary/aromatic N) is 1. The van der Waals surface area contributed by atoms with Crippen LogP contribution < -0.4 is 9.47 Å². The van der Waals surface area contributed by atoms with Crippen LogP contribution in [0.15, 0.2) is 78.9 Å². The van der Waals surface area contributed by atoms with E-state index in [0.717, 1.165) is 16.7 Å². The van der Waals surface area contributed by atoms with Crippen molar-refractivity contribution in [2.75, 3.05) is 20.8 Å². The zero-order chi connectivity index (χ0) is 27.9. The van der Waals surface area contributed by atoms with Gasteiger partial charge in [0.15, 0.2) is 0 Å². The van der Waals surface area contributed by atoms with Crippen molar-refractivity contribution in [1.82, 2.24) is 4.90 Å². The number of rotatable bonds is 11. The van der Waals surface area contributed by atoms with Gasteiger partial charge in [-0.1, -0.05) is 61.5 Å². The Balaban J connectivity index is 1.58. The molecule has 206 valence electrons. The van der Waals surface area contributed by atoms with Crippen LogP contribution in [0.5, 0.6) is 11.5 Å². The molecule has 8 nitrogen and oxygen atoms in total. The maximum atomic E-state index is 13.8. The summed E-state index contributed by atoms with van der Waals surface area (Å²) in [6.45, 7) is 3.52. The molecule has 1 N–H and O–H groups in total. The number of aliphatic hydroxyl groups is 1. The molecule has 3 aromatic rings. The average Bonchev–Trinajstić information content (AvgIpc) is 2.97. The van der Waals surface area contributed by atoms with Crippen LogP contribution in [0, 0.1) is 11.8 Å². The van der Waals surface area contributed by atoms with Gasteiger partial charge in [-0.05, 0) is 47.9 Å². The summed E-state index contributed by atoms with van der Waals surface area (Å²) < 4.78 is 21.5. The molecule has 1 aliphatic heterocycles. The smallest absolute Gasteiger partial charge is 0.497 e. The van der Waals surface area contributed by atoms with Crippen molar-refractivity contribution in [1.29, 1.82) is 0 Å². The lowest BCUT2D eigenvalue weighted by Gasteiger charge is -2.54. The number of aliphatic hydroxyl groups excluding tert-OH is 1. The predicted molar refractivity (Wildman–Crippen MR) is 145 cm³/mol. The molecule has 0 unspecified atom stereocenters. The van der Waals surface area contributed by atoms with Crippen LogP contribution in [0.25, 0.3) is 0 Å². The molecule has 1 amide bonds. The zero-order valence-corrected chi connectivity index (χ0v) is 22.7. The second-order valence-electron chi connectivity index (χ2n) is 9.72. The highest BCUT2D eigenvalue weighted by Crippen LogP contribution is 2.45. The standard InChI is InChI=1S/C31H35NO7/c1-20(18-33)28-27(21(2)39-31(35)38-19-22-8-6-5-7-9-22)30(34)32(28)29(23-10-14-25(36-3)15-11-23)24-12-16-26(37-4)17-13-24/h5-17,20-21,27-29,33H,18-19H2,1-4H3/t20-,21+,27+,28+/m0/s1. The minimum Gasteiger partial charge on any atom is -0.497 e. The third-order valence-corrected chi connectivity index (χ3v) is 7.23. The van der Waals surface area contributed by atoms with Crippen LogP contribution in [0.2, 0.25) is 0 Å². The Morgan fingerprint density at radius 2 is 1.41 bits per heavy atom. The summed E-state index contributed by atoms with van der Waals surface area (Å²) in [4.78, 5) is 28.0. The van der Waals surface area contributed by atoms with E-state index in [9.17, 15) is 14.7 Å². The molecule has 4 rings (SSSR count). The summed E-state index contributed by atoms with van der Waals surface area (Å²) >= 11 is 0. The van der Waals surface area contributed by atoms with Crippen molar-refractivity contribution < 1.29 is 33.6 Å². The highest BCUT2D eigenvalue weighted by Gasteiger charge is 2.56. The first kappa shape index (κ1) is 28.0. The van der Waals surface area contributed by atoms with E-state index in [4.69, 9.17) is 18.9 Å². The molecule has 0 aliphatic carbocycles. The lowest BCUT2D eigenvalue weighted by Crippen LogP contribution is -2.68. The highest BCUT2D eigenvalue weighted by atomic mass is 16.7. The number of methoxy groups -OCH3 is 2. The van der Waals surface area contributed by atoms with E-state index in [0.29, 0.717) is 11.5 Å².